The first kappa shape index (κ1) is 12.5. The molecule has 3 rings (SSSR count). The van der Waals surface area contributed by atoms with Crippen molar-refractivity contribution in [3.05, 3.63) is 36.2 Å². The fourth-order valence-corrected chi connectivity index (χ4v) is 1.65. The molecule has 102 valence electrons. The number of aromatic nitrogens is 4. The maximum atomic E-state index is 5.13. The van der Waals surface area contributed by atoms with Gasteiger partial charge in [-0.15, -0.1) is 0 Å². The second-order valence-corrected chi connectivity index (χ2v) is 4.05. The molecule has 0 radical (unpaired) electrons. The third-order valence-corrected chi connectivity index (χ3v) is 2.64. The van der Waals surface area contributed by atoms with E-state index >= 15 is 0 Å². The number of hydrogen-bond acceptors (Lipinski definition) is 7. The standard InChI is InChI=1S/C13H12N4O3/c1-18-8-7-10-14-12(19-16-10)13-15-11(17-20-13)9-5-3-2-4-6-9/h2-6H,7-8H2,1H3. The molecule has 0 unspecified atom stereocenters. The predicted molar refractivity (Wildman–Crippen MR) is 68.6 cm³/mol. The van der Waals surface area contributed by atoms with E-state index < -0.39 is 0 Å². The Morgan fingerprint density at radius 1 is 1.00 bits per heavy atom. The molecule has 7 heteroatoms. The lowest BCUT2D eigenvalue weighted by Gasteiger charge is -1.90. The Labute approximate surface area is 114 Å². The van der Waals surface area contributed by atoms with Crippen LogP contribution < -0.4 is 0 Å². The summed E-state index contributed by atoms with van der Waals surface area (Å²) in [6.45, 7) is 0.526. The lowest BCUT2D eigenvalue weighted by molar-refractivity contribution is 0.199. The van der Waals surface area contributed by atoms with Crippen molar-refractivity contribution in [1.82, 2.24) is 20.3 Å². The van der Waals surface area contributed by atoms with Gasteiger partial charge in [0.2, 0.25) is 5.82 Å². The molecular formula is C13H12N4O3. The van der Waals surface area contributed by atoms with Crippen LogP contribution in [0.2, 0.25) is 0 Å². The Morgan fingerprint density at radius 2 is 1.75 bits per heavy atom. The van der Waals surface area contributed by atoms with Crippen molar-refractivity contribution in [2.75, 3.05) is 13.7 Å². The zero-order valence-corrected chi connectivity index (χ0v) is 10.8. The van der Waals surface area contributed by atoms with E-state index in [9.17, 15) is 0 Å². The van der Waals surface area contributed by atoms with Crippen LogP contribution in [0.25, 0.3) is 23.2 Å². The molecule has 0 aliphatic heterocycles. The average molecular weight is 272 g/mol. The van der Waals surface area contributed by atoms with Crippen molar-refractivity contribution in [2.24, 2.45) is 0 Å². The molecule has 0 aliphatic rings. The molecule has 2 aromatic heterocycles. The summed E-state index contributed by atoms with van der Waals surface area (Å²) in [6.07, 6.45) is 0.569. The molecule has 0 saturated heterocycles. The summed E-state index contributed by atoms with van der Waals surface area (Å²) in [5.74, 6) is 1.45. The molecule has 0 saturated carbocycles. The van der Waals surface area contributed by atoms with E-state index in [-0.39, 0.29) is 11.8 Å². The summed E-state index contributed by atoms with van der Waals surface area (Å²) in [5, 5.41) is 7.71. The maximum Gasteiger partial charge on any atom is 0.316 e. The number of rotatable bonds is 5. The van der Waals surface area contributed by atoms with Gasteiger partial charge in [-0.3, -0.25) is 0 Å². The molecule has 20 heavy (non-hydrogen) atoms. The van der Waals surface area contributed by atoms with Gasteiger partial charge in [0.15, 0.2) is 5.82 Å². The Balaban J connectivity index is 1.81. The minimum absolute atomic E-state index is 0.208. The lowest BCUT2D eigenvalue weighted by Crippen LogP contribution is -1.96. The molecule has 0 spiro atoms. The molecular weight excluding hydrogens is 260 g/mol. The second kappa shape index (κ2) is 5.62. The van der Waals surface area contributed by atoms with Crippen LogP contribution in [0.5, 0.6) is 0 Å². The van der Waals surface area contributed by atoms with E-state index in [0.717, 1.165) is 5.56 Å². The third kappa shape index (κ3) is 2.57. The first-order chi connectivity index (χ1) is 9.86. The number of hydrogen-bond donors (Lipinski definition) is 0. The van der Waals surface area contributed by atoms with Crippen LogP contribution in [-0.2, 0) is 11.2 Å². The van der Waals surface area contributed by atoms with E-state index in [1.807, 2.05) is 30.3 Å². The van der Waals surface area contributed by atoms with Crippen molar-refractivity contribution in [3.8, 4) is 23.2 Å². The molecule has 3 aromatic rings. The summed E-state index contributed by atoms with van der Waals surface area (Å²) in [5.41, 5.74) is 0.863. The van der Waals surface area contributed by atoms with Gasteiger partial charge in [0.1, 0.15) is 0 Å². The second-order valence-electron chi connectivity index (χ2n) is 4.05. The van der Waals surface area contributed by atoms with Crippen LogP contribution in [0.4, 0.5) is 0 Å². The van der Waals surface area contributed by atoms with Crippen LogP contribution >= 0.6 is 0 Å². The zero-order chi connectivity index (χ0) is 13.8. The molecule has 0 bridgehead atoms. The number of nitrogens with zero attached hydrogens (tertiary/aromatic N) is 4. The third-order valence-electron chi connectivity index (χ3n) is 2.64. The Hall–Kier alpha value is -2.54. The topological polar surface area (TPSA) is 87.1 Å². The number of benzene rings is 1. The van der Waals surface area contributed by atoms with Crippen LogP contribution in [0.15, 0.2) is 39.4 Å². The van der Waals surface area contributed by atoms with Gasteiger partial charge in [-0.25, -0.2) is 0 Å². The van der Waals surface area contributed by atoms with Crippen molar-refractivity contribution in [2.45, 2.75) is 6.42 Å². The average Bonchev–Trinajstić information content (AvgIpc) is 3.15. The highest BCUT2D eigenvalue weighted by Gasteiger charge is 2.16. The highest BCUT2D eigenvalue weighted by atomic mass is 16.5. The van der Waals surface area contributed by atoms with E-state index in [1.54, 1.807) is 7.11 Å². The largest absolute Gasteiger partial charge is 0.384 e. The van der Waals surface area contributed by atoms with Crippen molar-refractivity contribution >= 4 is 0 Å². The zero-order valence-electron chi connectivity index (χ0n) is 10.8. The summed E-state index contributed by atoms with van der Waals surface area (Å²) in [4.78, 5) is 8.41. The van der Waals surface area contributed by atoms with Crippen LogP contribution in [-0.4, -0.2) is 34.0 Å². The van der Waals surface area contributed by atoms with Crippen LogP contribution in [0, 0.1) is 0 Å². The van der Waals surface area contributed by atoms with Gasteiger partial charge in [-0.2, -0.15) is 9.97 Å². The first-order valence-electron chi connectivity index (χ1n) is 6.08. The summed E-state index contributed by atoms with van der Waals surface area (Å²) in [6, 6.07) is 9.52. The molecule has 2 heterocycles. The molecule has 0 aliphatic carbocycles. The minimum atomic E-state index is 0.208. The van der Waals surface area contributed by atoms with Gasteiger partial charge in [0.25, 0.3) is 0 Å². The summed E-state index contributed by atoms with van der Waals surface area (Å²) < 4.78 is 15.2. The van der Waals surface area contributed by atoms with Crippen LogP contribution in [0.3, 0.4) is 0 Å². The molecule has 1 aromatic carbocycles. The summed E-state index contributed by atoms with van der Waals surface area (Å²) >= 11 is 0. The normalized spacial score (nSPS) is 10.8. The van der Waals surface area contributed by atoms with E-state index in [4.69, 9.17) is 13.8 Å². The fraction of sp³-hybridized carbons (Fsp3) is 0.231. The molecule has 0 fully saturated rings. The van der Waals surface area contributed by atoms with Crippen LogP contribution in [0.1, 0.15) is 5.82 Å². The highest BCUT2D eigenvalue weighted by Crippen LogP contribution is 2.20. The number of methoxy groups -OCH3 is 1. The Kier molecular flexibility index (Phi) is 3.51. The van der Waals surface area contributed by atoms with Gasteiger partial charge >= 0.3 is 11.8 Å². The summed E-state index contributed by atoms with van der Waals surface area (Å²) in [7, 11) is 1.62. The SMILES string of the molecule is COCCc1noc(-c2nc(-c3ccccc3)no2)n1. The smallest absolute Gasteiger partial charge is 0.316 e. The Morgan fingerprint density at radius 3 is 2.55 bits per heavy atom. The number of ether oxygens (including phenoxy) is 1. The Bertz CT molecular complexity index is 678. The quantitative estimate of drug-likeness (QED) is 0.701. The van der Waals surface area contributed by atoms with Gasteiger partial charge in [-0.1, -0.05) is 40.6 Å². The maximum absolute atomic E-state index is 5.13. The van der Waals surface area contributed by atoms with E-state index in [2.05, 4.69) is 20.3 Å². The molecule has 0 atom stereocenters. The first-order valence-corrected chi connectivity index (χ1v) is 6.08. The van der Waals surface area contributed by atoms with Crippen molar-refractivity contribution in [1.29, 1.82) is 0 Å². The van der Waals surface area contributed by atoms with Crippen molar-refractivity contribution in [3.63, 3.8) is 0 Å². The monoisotopic (exact) mass is 272 g/mol. The lowest BCUT2D eigenvalue weighted by atomic mass is 10.2. The van der Waals surface area contributed by atoms with Gasteiger partial charge in [-0.05, 0) is 0 Å². The minimum Gasteiger partial charge on any atom is -0.384 e. The molecule has 7 nitrogen and oxygen atoms in total. The molecule has 0 amide bonds. The van der Waals surface area contributed by atoms with Gasteiger partial charge in [0.05, 0.1) is 6.61 Å². The van der Waals surface area contributed by atoms with E-state index in [1.165, 1.54) is 0 Å². The van der Waals surface area contributed by atoms with Gasteiger partial charge in [0, 0.05) is 19.1 Å². The molecule has 0 N–H and O–H groups in total. The predicted octanol–water partition coefficient (Wildman–Crippen LogP) is 1.98. The van der Waals surface area contributed by atoms with E-state index in [0.29, 0.717) is 24.7 Å². The van der Waals surface area contributed by atoms with Gasteiger partial charge < -0.3 is 13.8 Å². The van der Waals surface area contributed by atoms with Crippen molar-refractivity contribution < 1.29 is 13.8 Å². The fourth-order valence-electron chi connectivity index (χ4n) is 1.65. The highest BCUT2D eigenvalue weighted by molar-refractivity contribution is 5.55.